The van der Waals surface area contributed by atoms with Crippen LogP contribution in [-0.4, -0.2) is 109 Å². The first kappa shape index (κ1) is 102. The van der Waals surface area contributed by atoms with Crippen LogP contribution in [0.15, 0.2) is 164 Å². The summed E-state index contributed by atoms with van der Waals surface area (Å²) in [4.78, 5) is 55.3. The van der Waals surface area contributed by atoms with Gasteiger partial charge >= 0.3 is 0 Å². The number of fused-ring (bicyclic) bond motifs is 3. The van der Waals surface area contributed by atoms with Gasteiger partial charge in [-0.25, -0.2) is 15.0 Å². The van der Waals surface area contributed by atoms with E-state index in [4.69, 9.17) is 0 Å². The van der Waals surface area contributed by atoms with Crippen LogP contribution in [0.1, 0.15) is 128 Å². The van der Waals surface area contributed by atoms with Crippen molar-refractivity contribution >= 4 is 50.6 Å². The van der Waals surface area contributed by atoms with Crippen molar-refractivity contribution < 1.29 is 113 Å². The molecular formula is C71H111BrN9O3Y3-3. The fraction of sp³-hybridized carbons (Fsp3) is 0.366. The number of hydrogen-bond acceptors (Lipinski definition) is 6. The zero-order valence-electron chi connectivity index (χ0n) is 58.6. The van der Waals surface area contributed by atoms with Crippen LogP contribution in [0.25, 0.3) is 50.7 Å². The Morgan fingerprint density at radius 3 is 0.667 bits per heavy atom. The molecular weight excluding hydrogens is 1370 g/mol. The predicted octanol–water partition coefficient (Wildman–Crippen LogP) is 18.5. The van der Waals surface area contributed by atoms with Gasteiger partial charge in [0.2, 0.25) is 17.7 Å². The van der Waals surface area contributed by atoms with E-state index in [0.717, 1.165) is 67.8 Å². The van der Waals surface area contributed by atoms with Gasteiger partial charge in [-0.2, -0.15) is 0 Å². The maximum absolute atomic E-state index is 12.1. The standard InChI is InChI=1S/3C17H17N3O.8C2H6.CH3Br.3CH3.3Y/c3*1-19(2)16(21)12-14-17(13-8-4-3-5-9-13)18-15-10-6-7-11-20(14)15;9*1-2;;;;;;/h3*3-11H,12H2,1-2H3;8*1-2H3;1H3;3*1H3;;;/q;;;;;;;;;;;;3*-1;;;. The third kappa shape index (κ3) is 33.5. The summed E-state index contributed by atoms with van der Waals surface area (Å²) in [6.07, 6.45) is 6.86. The van der Waals surface area contributed by atoms with Gasteiger partial charge < -0.3 is 50.2 Å². The van der Waals surface area contributed by atoms with Crippen molar-refractivity contribution in [1.82, 2.24) is 42.9 Å². The van der Waals surface area contributed by atoms with Gasteiger partial charge in [-0.15, -0.1) is 0 Å². The number of pyridine rings is 3. The van der Waals surface area contributed by atoms with Crippen LogP contribution in [0.2, 0.25) is 0 Å². The quantitative estimate of drug-likeness (QED) is 0.105. The molecule has 87 heavy (non-hydrogen) atoms. The van der Waals surface area contributed by atoms with E-state index in [1.807, 2.05) is 294 Å². The van der Waals surface area contributed by atoms with Crippen molar-refractivity contribution in [3.8, 4) is 33.8 Å². The zero-order chi connectivity index (χ0) is 62.5. The number of hydrogen-bond donors (Lipinski definition) is 0. The molecule has 477 valence electrons. The van der Waals surface area contributed by atoms with Crippen molar-refractivity contribution in [2.24, 2.45) is 0 Å². The van der Waals surface area contributed by atoms with Crippen molar-refractivity contribution in [3.63, 3.8) is 0 Å². The van der Waals surface area contributed by atoms with Gasteiger partial charge in [0, 0.05) is 176 Å². The van der Waals surface area contributed by atoms with Crippen LogP contribution < -0.4 is 0 Å². The number of rotatable bonds is 9. The Bertz CT molecular complexity index is 2680. The minimum atomic E-state index is 0. The first-order chi connectivity index (χ1) is 39.5. The normalized spacial score (nSPS) is 8.41. The SMILES string of the molecule is CBr.CC.CC.CC.CC.CC.CC.CC.CC.CN(C)C(=O)Cc1c(-c2ccccc2)nc2ccccn12.CN(C)C(=O)Cc1c(-c2ccccc2)nc2ccccn12.CN(C)C(=O)Cc1c(-c2ccccc2)nc2ccccn12.[CH3-].[CH3-].[CH3-].[Y].[Y].[Y]. The molecule has 0 aliphatic rings. The van der Waals surface area contributed by atoms with E-state index in [1.165, 1.54) is 0 Å². The number of benzene rings is 3. The Kier molecular flexibility index (Phi) is 74.3. The summed E-state index contributed by atoms with van der Waals surface area (Å²) in [5.41, 5.74) is 11.1. The molecule has 0 aliphatic carbocycles. The van der Waals surface area contributed by atoms with Crippen LogP contribution in [0.3, 0.4) is 0 Å². The van der Waals surface area contributed by atoms with E-state index in [1.54, 1.807) is 57.0 Å². The smallest absolute Gasteiger partial charge is 0.228 e. The zero-order valence-corrected chi connectivity index (χ0v) is 68.7. The topological polar surface area (TPSA) is 113 Å². The van der Waals surface area contributed by atoms with Crippen LogP contribution in [0.5, 0.6) is 0 Å². The molecule has 9 rings (SSSR count). The van der Waals surface area contributed by atoms with Gasteiger partial charge in [-0.3, -0.25) is 14.4 Å². The molecule has 3 aromatic carbocycles. The number of amides is 3. The van der Waals surface area contributed by atoms with E-state index >= 15 is 0 Å². The predicted molar refractivity (Wildman–Crippen MR) is 374 cm³/mol. The fourth-order valence-electron chi connectivity index (χ4n) is 7.03. The summed E-state index contributed by atoms with van der Waals surface area (Å²) in [5, 5.41) is 0. The summed E-state index contributed by atoms with van der Waals surface area (Å²) < 4.78 is 5.97. The average molecular weight is 1490 g/mol. The second-order valence-corrected chi connectivity index (χ2v) is 15.5. The number of nitrogens with zero attached hydrogens (tertiary/aromatic N) is 9. The Hall–Kier alpha value is -4.07. The molecule has 0 spiro atoms. The number of aromatic nitrogens is 6. The molecule has 16 heteroatoms. The summed E-state index contributed by atoms with van der Waals surface area (Å²) in [6.45, 7) is 32.0. The Balaban J connectivity index is -0.000000128. The molecule has 12 nitrogen and oxygen atoms in total. The second kappa shape index (κ2) is 63.5. The summed E-state index contributed by atoms with van der Waals surface area (Å²) in [7, 11) is 10.6. The number of alkyl halides is 1. The number of imidazole rings is 3. The largest absolute Gasteiger partial charge is 0.358 e. The Morgan fingerprint density at radius 1 is 0.322 bits per heavy atom. The first-order valence-electron chi connectivity index (χ1n) is 29.0. The third-order valence-corrected chi connectivity index (χ3v) is 10.5. The van der Waals surface area contributed by atoms with Crippen molar-refractivity contribution in [1.29, 1.82) is 0 Å². The second-order valence-electron chi connectivity index (χ2n) is 15.5. The molecule has 0 fully saturated rings. The van der Waals surface area contributed by atoms with Crippen LogP contribution in [-0.2, 0) is 132 Å². The summed E-state index contributed by atoms with van der Waals surface area (Å²) in [6, 6.07) is 47.5. The molecule has 6 aromatic heterocycles. The minimum absolute atomic E-state index is 0. The van der Waals surface area contributed by atoms with Crippen LogP contribution >= 0.6 is 15.9 Å². The third-order valence-electron chi connectivity index (χ3n) is 10.5. The molecule has 0 N–H and O–H groups in total. The Morgan fingerprint density at radius 2 is 0.494 bits per heavy atom. The van der Waals surface area contributed by atoms with Gasteiger partial charge in [0.1, 0.15) is 16.9 Å². The molecule has 3 radical (unpaired) electrons. The van der Waals surface area contributed by atoms with E-state index in [2.05, 4.69) is 30.9 Å². The average Bonchev–Trinajstić information content (AvgIpc) is 3.56. The van der Waals surface area contributed by atoms with Gasteiger partial charge in [0.25, 0.3) is 0 Å². The van der Waals surface area contributed by atoms with E-state index in [-0.39, 0.29) is 138 Å². The maximum Gasteiger partial charge on any atom is 0.228 e. The van der Waals surface area contributed by atoms with Gasteiger partial charge in [-0.05, 0) is 42.2 Å². The number of carbonyl (C=O) groups is 3. The molecule has 0 saturated heterocycles. The van der Waals surface area contributed by atoms with E-state index in [9.17, 15) is 14.4 Å². The van der Waals surface area contributed by atoms with Gasteiger partial charge in [-0.1, -0.05) is 236 Å². The van der Waals surface area contributed by atoms with Gasteiger partial charge in [0.15, 0.2) is 0 Å². The first-order valence-corrected chi connectivity index (χ1v) is 30.6. The summed E-state index contributed by atoms with van der Waals surface area (Å²) >= 11 is 2.94. The minimum Gasteiger partial charge on any atom is -0.358 e. The van der Waals surface area contributed by atoms with E-state index in [0.29, 0.717) is 19.3 Å². The van der Waals surface area contributed by atoms with Crippen molar-refractivity contribution in [2.75, 3.05) is 48.1 Å². The summed E-state index contributed by atoms with van der Waals surface area (Å²) in [5.74, 6) is 2.01. The monoisotopic (exact) mass is 1480 g/mol. The molecule has 0 bridgehead atoms. The van der Waals surface area contributed by atoms with Crippen LogP contribution in [0, 0.1) is 22.3 Å². The number of likely N-dealkylation sites (N-methyl/N-ethyl adjacent to an activating group) is 3. The van der Waals surface area contributed by atoms with Gasteiger partial charge in [0.05, 0.1) is 53.4 Å². The number of halogens is 1. The molecule has 0 atom stereocenters. The Labute approximate surface area is 614 Å². The molecule has 6 heterocycles. The fourth-order valence-corrected chi connectivity index (χ4v) is 7.03. The molecule has 9 aromatic rings. The van der Waals surface area contributed by atoms with Crippen LogP contribution in [0.4, 0.5) is 0 Å². The molecule has 3 amide bonds. The van der Waals surface area contributed by atoms with Crippen molar-refractivity contribution in [3.05, 3.63) is 204 Å². The maximum atomic E-state index is 12.1. The van der Waals surface area contributed by atoms with Crippen molar-refractivity contribution in [2.45, 2.75) is 130 Å². The molecule has 0 aliphatic heterocycles. The van der Waals surface area contributed by atoms with E-state index < -0.39 is 0 Å². The molecule has 0 unspecified atom stereocenters. The number of carbonyl (C=O) groups excluding carboxylic acids is 3. The molecule has 0 saturated carbocycles.